The molecular weight excluding hydrogens is 413 g/mol. The van der Waals surface area contributed by atoms with Crippen molar-refractivity contribution >= 4 is 19.8 Å². The molecule has 1 N–H and O–H groups in total. The topological polar surface area (TPSA) is 108 Å². The lowest BCUT2D eigenvalue weighted by Gasteiger charge is -2.24. The van der Waals surface area contributed by atoms with Gasteiger partial charge in [0, 0.05) is 12.8 Å². The molecule has 0 bridgehead atoms. The highest BCUT2D eigenvalue weighted by molar-refractivity contribution is 7.47. The molecule has 0 heterocycles. The second kappa shape index (κ2) is 15.8. The van der Waals surface area contributed by atoms with E-state index in [2.05, 4.69) is 6.92 Å². The number of carbonyl (C=O) groups is 2. The van der Waals surface area contributed by atoms with Crippen molar-refractivity contribution in [2.75, 3.05) is 47.5 Å². The Balaban J connectivity index is 4.58. The molecule has 30 heavy (non-hydrogen) atoms. The molecule has 0 spiro atoms. The summed E-state index contributed by atoms with van der Waals surface area (Å²) in [5.74, 6) is -0.880. The van der Waals surface area contributed by atoms with Crippen LogP contribution in [0.1, 0.15) is 65.2 Å². The van der Waals surface area contributed by atoms with Gasteiger partial charge in [0.05, 0.1) is 27.7 Å². The molecule has 0 rings (SSSR count). The van der Waals surface area contributed by atoms with E-state index in [-0.39, 0.29) is 26.1 Å². The summed E-state index contributed by atoms with van der Waals surface area (Å²) in [6.07, 6.45) is 5.06. The van der Waals surface area contributed by atoms with Gasteiger partial charge in [0.2, 0.25) is 0 Å². The van der Waals surface area contributed by atoms with E-state index in [1.807, 2.05) is 28.1 Å². The van der Waals surface area contributed by atoms with Gasteiger partial charge in [-0.3, -0.25) is 18.6 Å². The number of phosphoric acid groups is 1. The molecule has 0 aliphatic carbocycles. The summed E-state index contributed by atoms with van der Waals surface area (Å²) in [4.78, 5) is 33.5. The van der Waals surface area contributed by atoms with Crippen LogP contribution in [-0.4, -0.2) is 74.9 Å². The minimum absolute atomic E-state index is 0.0327. The Morgan fingerprint density at radius 3 is 2.17 bits per heavy atom. The average Bonchev–Trinajstić information content (AvgIpc) is 2.62. The van der Waals surface area contributed by atoms with E-state index < -0.39 is 32.5 Å². The molecule has 178 valence electrons. The maximum Gasteiger partial charge on any atom is 0.472 e. The number of phosphoric ester groups is 1. The molecule has 0 amide bonds. The first-order valence-electron chi connectivity index (χ1n) is 10.8. The fraction of sp³-hybridized carbons (Fsp3) is 0.900. The molecule has 2 atom stereocenters. The first-order chi connectivity index (χ1) is 14.0. The van der Waals surface area contributed by atoms with Crippen LogP contribution in [-0.2, 0) is 32.7 Å². The summed E-state index contributed by atoms with van der Waals surface area (Å²) in [5.41, 5.74) is 0. The Bertz CT molecular complexity index is 535. The standard InChI is InChI=1S/C20H40NO8P/c1-6-8-9-10-11-13-20(23)29-18(16-26-19(22)12-7-2)17-28-30(24,25)27-15-14-21(3,4)5/h18H,6-17H2,1-5H3/p+1. The molecule has 0 aliphatic heterocycles. The van der Waals surface area contributed by atoms with E-state index in [9.17, 15) is 19.0 Å². The quantitative estimate of drug-likeness (QED) is 0.145. The number of rotatable bonds is 18. The van der Waals surface area contributed by atoms with Gasteiger partial charge in [-0.2, -0.15) is 0 Å². The van der Waals surface area contributed by atoms with Crippen LogP contribution in [0.2, 0.25) is 0 Å². The maximum absolute atomic E-state index is 12.1. The van der Waals surface area contributed by atoms with E-state index in [0.29, 0.717) is 23.9 Å². The predicted octanol–water partition coefficient (Wildman–Crippen LogP) is 3.44. The van der Waals surface area contributed by atoms with Gasteiger partial charge in [-0.25, -0.2) is 4.57 Å². The Kier molecular flexibility index (Phi) is 15.2. The van der Waals surface area contributed by atoms with Gasteiger partial charge in [-0.1, -0.05) is 39.5 Å². The Labute approximate surface area is 181 Å². The van der Waals surface area contributed by atoms with E-state index in [1.165, 1.54) is 0 Å². The number of esters is 2. The molecule has 10 heteroatoms. The van der Waals surface area contributed by atoms with Crippen LogP contribution < -0.4 is 0 Å². The molecular formula is C20H41NO8P+. The number of likely N-dealkylation sites (N-methyl/N-ethyl adjacent to an activating group) is 1. The van der Waals surface area contributed by atoms with Crippen molar-refractivity contribution in [3.63, 3.8) is 0 Å². The first-order valence-corrected chi connectivity index (χ1v) is 12.3. The number of nitrogens with zero attached hydrogens (tertiary/aromatic N) is 1. The predicted molar refractivity (Wildman–Crippen MR) is 114 cm³/mol. The summed E-state index contributed by atoms with van der Waals surface area (Å²) in [5, 5.41) is 0. The normalized spacial score (nSPS) is 14.7. The molecule has 0 aromatic carbocycles. The van der Waals surface area contributed by atoms with E-state index in [1.54, 1.807) is 0 Å². The smallest absolute Gasteiger partial charge is 0.462 e. The van der Waals surface area contributed by atoms with Crippen molar-refractivity contribution < 1.29 is 42.1 Å². The SMILES string of the molecule is CCCCCCCC(=O)OC(COC(=O)CCC)COP(=O)(O)OCC[N+](C)(C)C. The number of carbonyl (C=O) groups excluding carboxylic acids is 2. The van der Waals surface area contributed by atoms with Crippen LogP contribution in [0.4, 0.5) is 0 Å². The third-order valence-corrected chi connectivity index (χ3v) is 5.09. The zero-order valence-electron chi connectivity index (χ0n) is 19.3. The molecule has 9 nitrogen and oxygen atoms in total. The van der Waals surface area contributed by atoms with E-state index >= 15 is 0 Å². The summed E-state index contributed by atoms with van der Waals surface area (Å²) in [6.45, 7) is 3.86. The van der Waals surface area contributed by atoms with Crippen molar-refractivity contribution in [3.8, 4) is 0 Å². The molecule has 0 aromatic heterocycles. The number of quaternary nitrogens is 1. The third kappa shape index (κ3) is 17.8. The minimum Gasteiger partial charge on any atom is -0.462 e. The van der Waals surface area contributed by atoms with Crippen LogP contribution in [0.15, 0.2) is 0 Å². The van der Waals surface area contributed by atoms with E-state index in [4.69, 9.17) is 18.5 Å². The third-order valence-electron chi connectivity index (χ3n) is 4.11. The zero-order chi connectivity index (χ0) is 23.0. The molecule has 0 aromatic rings. The molecule has 2 unspecified atom stereocenters. The van der Waals surface area contributed by atoms with Gasteiger partial charge in [-0.05, 0) is 12.8 Å². The van der Waals surface area contributed by atoms with Crippen molar-refractivity contribution in [2.24, 2.45) is 0 Å². The van der Waals surface area contributed by atoms with Gasteiger partial charge in [0.25, 0.3) is 0 Å². The summed E-state index contributed by atoms with van der Waals surface area (Å²) in [6, 6.07) is 0. The van der Waals surface area contributed by atoms with Crippen molar-refractivity contribution in [1.29, 1.82) is 0 Å². The average molecular weight is 455 g/mol. The van der Waals surface area contributed by atoms with Crippen molar-refractivity contribution in [3.05, 3.63) is 0 Å². The first kappa shape index (κ1) is 29.0. The van der Waals surface area contributed by atoms with Crippen LogP contribution in [0.25, 0.3) is 0 Å². The fourth-order valence-corrected chi connectivity index (χ4v) is 3.08. The second-order valence-corrected chi connectivity index (χ2v) is 9.77. The van der Waals surface area contributed by atoms with Gasteiger partial charge in [0.15, 0.2) is 6.10 Å². The lowest BCUT2D eigenvalue weighted by molar-refractivity contribution is -0.870. The van der Waals surface area contributed by atoms with Crippen molar-refractivity contribution in [1.82, 2.24) is 0 Å². The second-order valence-electron chi connectivity index (χ2n) is 8.32. The van der Waals surface area contributed by atoms with Crippen LogP contribution in [0.5, 0.6) is 0 Å². The molecule has 0 fully saturated rings. The highest BCUT2D eigenvalue weighted by Crippen LogP contribution is 2.43. The van der Waals surface area contributed by atoms with Crippen LogP contribution in [0, 0.1) is 0 Å². The van der Waals surface area contributed by atoms with Crippen molar-refractivity contribution in [2.45, 2.75) is 71.3 Å². The molecule has 0 aliphatic rings. The minimum atomic E-state index is -4.31. The monoisotopic (exact) mass is 454 g/mol. The lowest BCUT2D eigenvalue weighted by Crippen LogP contribution is -2.37. The fourth-order valence-electron chi connectivity index (χ4n) is 2.34. The number of hydrogen-bond acceptors (Lipinski definition) is 7. The summed E-state index contributed by atoms with van der Waals surface area (Å²) in [7, 11) is 1.46. The van der Waals surface area contributed by atoms with Crippen LogP contribution >= 0.6 is 7.82 Å². The summed E-state index contributed by atoms with van der Waals surface area (Å²) < 4.78 is 32.9. The number of hydrogen-bond donors (Lipinski definition) is 1. The molecule has 0 radical (unpaired) electrons. The maximum atomic E-state index is 12.1. The van der Waals surface area contributed by atoms with Gasteiger partial charge in [0.1, 0.15) is 19.8 Å². The van der Waals surface area contributed by atoms with Gasteiger partial charge in [-0.15, -0.1) is 0 Å². The van der Waals surface area contributed by atoms with Gasteiger partial charge < -0.3 is 18.9 Å². The Morgan fingerprint density at radius 1 is 0.900 bits per heavy atom. The largest absolute Gasteiger partial charge is 0.472 e. The summed E-state index contributed by atoms with van der Waals surface area (Å²) >= 11 is 0. The molecule has 0 saturated carbocycles. The van der Waals surface area contributed by atoms with Gasteiger partial charge >= 0.3 is 19.8 Å². The molecule has 0 saturated heterocycles. The Hall–Kier alpha value is -0.990. The Morgan fingerprint density at radius 2 is 1.57 bits per heavy atom. The number of unbranched alkanes of at least 4 members (excludes halogenated alkanes) is 4. The highest BCUT2D eigenvalue weighted by Gasteiger charge is 2.26. The zero-order valence-corrected chi connectivity index (χ0v) is 20.2. The van der Waals surface area contributed by atoms with E-state index in [0.717, 1.165) is 25.7 Å². The van der Waals surface area contributed by atoms with Crippen LogP contribution in [0.3, 0.4) is 0 Å². The number of ether oxygens (including phenoxy) is 2. The highest BCUT2D eigenvalue weighted by atomic mass is 31.2. The lowest BCUT2D eigenvalue weighted by atomic mass is 10.1.